The molecule has 0 N–H and O–H groups in total. The lowest BCUT2D eigenvalue weighted by atomic mass is 10.0. The number of thiazole rings is 1. The van der Waals surface area contributed by atoms with Crippen LogP contribution in [0.4, 0.5) is 5.69 Å². The number of aryl methyl sites for hydroxylation is 2. The van der Waals surface area contributed by atoms with E-state index in [4.69, 9.17) is 0 Å². The van der Waals surface area contributed by atoms with Crippen LogP contribution < -0.4 is 9.47 Å². The fraction of sp³-hybridized carbons (Fsp3) is 0.240. The maximum absolute atomic E-state index is 2.41. The minimum atomic E-state index is 0.953. The highest BCUT2D eigenvalue weighted by Gasteiger charge is 2.22. The molecule has 3 heteroatoms. The summed E-state index contributed by atoms with van der Waals surface area (Å²) in [5.41, 5.74) is 9.01. The number of fused-ring (bicyclic) bond motifs is 1. The first-order valence-electron chi connectivity index (χ1n) is 9.97. The zero-order valence-corrected chi connectivity index (χ0v) is 17.9. The predicted molar refractivity (Wildman–Crippen MR) is 122 cm³/mol. The molecular weight excluding hydrogens is 360 g/mol. The summed E-state index contributed by atoms with van der Waals surface area (Å²) in [6, 6.07) is 15.5. The Kier molecular flexibility index (Phi) is 5.19. The van der Waals surface area contributed by atoms with Crippen molar-refractivity contribution in [2.45, 2.75) is 34.2 Å². The Bertz CT molecular complexity index is 1050. The molecule has 2 aromatic carbocycles. The molecule has 0 saturated carbocycles. The number of hydrogen-bond donors (Lipinski definition) is 0. The molecule has 0 bridgehead atoms. The molecule has 1 aliphatic heterocycles. The van der Waals surface area contributed by atoms with Crippen LogP contribution in [0.3, 0.4) is 0 Å². The minimum Gasteiger partial charge on any atom is -0.341 e. The minimum absolute atomic E-state index is 0.953. The summed E-state index contributed by atoms with van der Waals surface area (Å²) in [7, 11) is 0. The Labute approximate surface area is 172 Å². The number of rotatable bonds is 4. The van der Waals surface area contributed by atoms with Gasteiger partial charge in [0.15, 0.2) is 0 Å². The molecule has 4 rings (SSSR count). The van der Waals surface area contributed by atoms with E-state index in [2.05, 4.69) is 103 Å². The molecule has 2 nitrogen and oxygen atoms in total. The van der Waals surface area contributed by atoms with Gasteiger partial charge in [-0.3, -0.25) is 0 Å². The number of aromatic nitrogens is 1. The third-order valence-corrected chi connectivity index (χ3v) is 6.24. The molecule has 3 aromatic rings. The van der Waals surface area contributed by atoms with Gasteiger partial charge in [0.1, 0.15) is 6.54 Å². The SMILES string of the molecule is CCN1/C(=C\c2scc(-c3ccc(C)cc3)[n+]2CC)C=Cc2cc(C)ccc21. The largest absolute Gasteiger partial charge is 0.341 e. The summed E-state index contributed by atoms with van der Waals surface area (Å²) in [5, 5.41) is 3.56. The highest BCUT2D eigenvalue weighted by atomic mass is 32.1. The highest BCUT2D eigenvalue weighted by molar-refractivity contribution is 7.10. The molecule has 2 heterocycles. The van der Waals surface area contributed by atoms with Crippen LogP contribution in [-0.4, -0.2) is 6.54 Å². The van der Waals surface area contributed by atoms with E-state index in [1.54, 1.807) is 0 Å². The first-order chi connectivity index (χ1) is 13.6. The van der Waals surface area contributed by atoms with Gasteiger partial charge < -0.3 is 4.90 Å². The molecule has 1 aliphatic rings. The van der Waals surface area contributed by atoms with Crippen molar-refractivity contribution in [2.24, 2.45) is 0 Å². The summed E-state index contributed by atoms with van der Waals surface area (Å²) in [4.78, 5) is 2.40. The Balaban J connectivity index is 1.75. The van der Waals surface area contributed by atoms with E-state index in [1.807, 2.05) is 11.3 Å². The average Bonchev–Trinajstić information content (AvgIpc) is 3.11. The monoisotopic (exact) mass is 387 g/mol. The van der Waals surface area contributed by atoms with E-state index in [0.717, 1.165) is 13.1 Å². The summed E-state index contributed by atoms with van der Waals surface area (Å²) in [5.74, 6) is 0. The molecule has 0 atom stereocenters. The van der Waals surface area contributed by atoms with Gasteiger partial charge in [0.25, 0.3) is 5.01 Å². The quantitative estimate of drug-likeness (QED) is 0.481. The molecule has 0 aliphatic carbocycles. The van der Waals surface area contributed by atoms with Crippen LogP contribution in [0, 0.1) is 13.8 Å². The van der Waals surface area contributed by atoms with Crippen molar-refractivity contribution in [1.82, 2.24) is 0 Å². The van der Waals surface area contributed by atoms with Crippen LogP contribution in [-0.2, 0) is 6.54 Å². The Morgan fingerprint density at radius 1 is 0.964 bits per heavy atom. The van der Waals surface area contributed by atoms with Gasteiger partial charge >= 0.3 is 0 Å². The number of likely N-dealkylation sites (N-methyl/N-ethyl adjacent to an activating group) is 1. The zero-order valence-electron chi connectivity index (χ0n) is 17.1. The number of anilines is 1. The van der Waals surface area contributed by atoms with Gasteiger partial charge in [0.05, 0.1) is 5.38 Å². The maximum atomic E-state index is 2.41. The summed E-state index contributed by atoms with van der Waals surface area (Å²) in [6.45, 7) is 10.6. The fourth-order valence-corrected chi connectivity index (χ4v) is 4.85. The number of allylic oxidation sites excluding steroid dienone is 1. The van der Waals surface area contributed by atoms with Crippen molar-refractivity contribution in [3.05, 3.63) is 81.3 Å². The van der Waals surface area contributed by atoms with Crippen LogP contribution in [0.2, 0.25) is 0 Å². The van der Waals surface area contributed by atoms with Crippen LogP contribution in [0.1, 0.15) is 35.5 Å². The van der Waals surface area contributed by atoms with E-state index in [0.29, 0.717) is 0 Å². The van der Waals surface area contributed by atoms with Gasteiger partial charge in [-0.15, -0.1) is 0 Å². The molecule has 0 amide bonds. The van der Waals surface area contributed by atoms with E-state index >= 15 is 0 Å². The lowest BCUT2D eigenvalue weighted by molar-refractivity contribution is -0.679. The first-order valence-corrected chi connectivity index (χ1v) is 10.8. The molecular formula is C25H27N2S+. The van der Waals surface area contributed by atoms with Crippen molar-refractivity contribution >= 4 is 29.2 Å². The Morgan fingerprint density at radius 3 is 2.43 bits per heavy atom. The van der Waals surface area contributed by atoms with Crippen LogP contribution in [0.5, 0.6) is 0 Å². The van der Waals surface area contributed by atoms with Crippen LogP contribution >= 0.6 is 11.3 Å². The molecule has 0 fully saturated rings. The van der Waals surface area contributed by atoms with Crippen molar-refractivity contribution in [3.8, 4) is 11.3 Å². The van der Waals surface area contributed by atoms with Crippen molar-refractivity contribution < 1.29 is 4.57 Å². The van der Waals surface area contributed by atoms with Crippen LogP contribution in [0.25, 0.3) is 23.4 Å². The maximum Gasteiger partial charge on any atom is 0.264 e. The molecule has 0 saturated heterocycles. The summed E-state index contributed by atoms with van der Waals surface area (Å²) < 4.78 is 2.41. The van der Waals surface area contributed by atoms with Crippen molar-refractivity contribution in [3.63, 3.8) is 0 Å². The molecule has 1 aromatic heterocycles. The summed E-state index contributed by atoms with van der Waals surface area (Å²) in [6.07, 6.45) is 6.82. The second kappa shape index (κ2) is 7.76. The lowest BCUT2D eigenvalue weighted by Gasteiger charge is -2.29. The first kappa shape index (κ1) is 18.7. The van der Waals surface area contributed by atoms with Crippen molar-refractivity contribution in [2.75, 3.05) is 11.4 Å². The second-order valence-electron chi connectivity index (χ2n) is 7.28. The van der Waals surface area contributed by atoms with Crippen LogP contribution in [0.15, 0.2) is 59.6 Å². The van der Waals surface area contributed by atoms with Gasteiger partial charge in [-0.05, 0) is 63.6 Å². The van der Waals surface area contributed by atoms with Gasteiger partial charge in [-0.1, -0.05) is 46.7 Å². The van der Waals surface area contributed by atoms with E-state index in [9.17, 15) is 0 Å². The summed E-state index contributed by atoms with van der Waals surface area (Å²) >= 11 is 1.82. The molecule has 0 unspecified atom stereocenters. The van der Waals surface area contributed by atoms with Crippen molar-refractivity contribution in [1.29, 1.82) is 0 Å². The lowest BCUT2D eigenvalue weighted by Crippen LogP contribution is -2.35. The molecule has 0 radical (unpaired) electrons. The standard InChI is InChI=1S/C25H27N2S/c1-5-26-22(13-12-21-15-19(4)9-14-23(21)26)16-25-27(6-2)24(17-28-25)20-10-7-18(3)8-11-20/h7-17H,5-6H2,1-4H3/q+1. The van der Waals surface area contributed by atoms with E-state index < -0.39 is 0 Å². The zero-order chi connectivity index (χ0) is 19.7. The number of nitrogens with zero attached hydrogens (tertiary/aromatic N) is 2. The second-order valence-corrected chi connectivity index (χ2v) is 8.17. The molecule has 0 spiro atoms. The predicted octanol–water partition coefficient (Wildman–Crippen LogP) is 6.23. The van der Waals surface area contributed by atoms with E-state index in [1.165, 1.54) is 44.3 Å². The van der Waals surface area contributed by atoms with Gasteiger partial charge in [-0.25, -0.2) is 0 Å². The molecule has 142 valence electrons. The van der Waals surface area contributed by atoms with Gasteiger partial charge in [0, 0.05) is 29.6 Å². The Morgan fingerprint density at radius 2 is 1.71 bits per heavy atom. The smallest absolute Gasteiger partial charge is 0.264 e. The highest BCUT2D eigenvalue weighted by Crippen LogP contribution is 2.33. The fourth-order valence-electron chi connectivity index (χ4n) is 3.81. The average molecular weight is 388 g/mol. The third-order valence-electron chi connectivity index (χ3n) is 5.32. The van der Waals surface area contributed by atoms with E-state index in [-0.39, 0.29) is 0 Å². The van der Waals surface area contributed by atoms with Gasteiger partial charge in [0.2, 0.25) is 5.69 Å². The number of benzene rings is 2. The number of hydrogen-bond acceptors (Lipinski definition) is 2. The topological polar surface area (TPSA) is 7.12 Å². The normalized spacial score (nSPS) is 14.6. The third kappa shape index (κ3) is 3.43. The van der Waals surface area contributed by atoms with Gasteiger partial charge in [-0.2, -0.15) is 4.57 Å². The molecule has 28 heavy (non-hydrogen) atoms. The Hall–Kier alpha value is -2.65.